The van der Waals surface area contributed by atoms with E-state index in [1.165, 1.54) is 17.1 Å². The summed E-state index contributed by atoms with van der Waals surface area (Å²) in [5, 5.41) is 5.88. The Morgan fingerprint density at radius 2 is 1.82 bits per heavy atom. The Hall–Kier alpha value is -2.89. The summed E-state index contributed by atoms with van der Waals surface area (Å²) in [4.78, 5) is 36.5. The van der Waals surface area contributed by atoms with Gasteiger partial charge in [-0.3, -0.25) is 14.4 Å². The number of hydrogen-bond acceptors (Lipinski definition) is 3. The van der Waals surface area contributed by atoms with E-state index in [-0.39, 0.29) is 30.0 Å². The highest BCUT2D eigenvalue weighted by Crippen LogP contribution is 2.24. The zero-order chi connectivity index (χ0) is 20.1. The number of anilines is 1. The van der Waals surface area contributed by atoms with Crippen molar-refractivity contribution in [2.24, 2.45) is 5.92 Å². The molecule has 0 bridgehead atoms. The smallest absolute Gasteiger partial charge is 0.251 e. The average molecular weight is 381 g/mol. The van der Waals surface area contributed by atoms with Crippen molar-refractivity contribution in [3.63, 3.8) is 0 Å². The third-order valence-electron chi connectivity index (χ3n) is 5.32. The van der Waals surface area contributed by atoms with Gasteiger partial charge in [0.05, 0.1) is 0 Å². The van der Waals surface area contributed by atoms with E-state index in [9.17, 15) is 14.4 Å². The molecule has 1 aliphatic rings. The van der Waals surface area contributed by atoms with Crippen molar-refractivity contribution in [3.8, 4) is 0 Å². The molecule has 6 nitrogen and oxygen atoms in total. The lowest BCUT2D eigenvalue weighted by atomic mass is 9.86. The summed E-state index contributed by atoms with van der Waals surface area (Å²) in [5.41, 5.74) is 1.82. The minimum Gasteiger partial charge on any atom is -0.349 e. The number of aromatic nitrogens is 1. The third-order valence-corrected chi connectivity index (χ3v) is 5.32. The van der Waals surface area contributed by atoms with E-state index >= 15 is 0 Å². The maximum atomic E-state index is 12.5. The van der Waals surface area contributed by atoms with Crippen LogP contribution in [0.15, 0.2) is 47.4 Å². The molecule has 1 aromatic heterocycles. The number of carbonyl (C=O) groups excluding carboxylic acids is 2. The lowest BCUT2D eigenvalue weighted by Crippen LogP contribution is -2.41. The molecule has 1 saturated carbocycles. The molecule has 6 heteroatoms. The van der Waals surface area contributed by atoms with Gasteiger partial charge in [-0.05, 0) is 61.6 Å². The monoisotopic (exact) mass is 381 g/mol. The maximum absolute atomic E-state index is 12.5. The molecule has 28 heavy (non-hydrogen) atoms. The van der Waals surface area contributed by atoms with Gasteiger partial charge in [-0.1, -0.05) is 19.8 Å². The second-order valence-corrected chi connectivity index (χ2v) is 7.64. The second-order valence-electron chi connectivity index (χ2n) is 7.64. The number of amides is 2. The second kappa shape index (κ2) is 8.87. The number of nitrogens with zero attached hydrogens (tertiary/aromatic N) is 1. The zero-order valence-electron chi connectivity index (χ0n) is 16.4. The number of pyridine rings is 1. The Morgan fingerprint density at radius 1 is 1.11 bits per heavy atom. The summed E-state index contributed by atoms with van der Waals surface area (Å²) in [7, 11) is 0. The summed E-state index contributed by atoms with van der Waals surface area (Å²) in [6.45, 7) is 3.96. The van der Waals surface area contributed by atoms with Gasteiger partial charge in [0, 0.05) is 29.6 Å². The van der Waals surface area contributed by atoms with Gasteiger partial charge in [-0.15, -0.1) is 0 Å². The van der Waals surface area contributed by atoms with E-state index in [0.717, 1.165) is 24.8 Å². The molecule has 3 rings (SSSR count). The van der Waals surface area contributed by atoms with E-state index in [1.807, 2.05) is 6.92 Å². The van der Waals surface area contributed by atoms with Crippen LogP contribution in [0.1, 0.15) is 48.5 Å². The molecular weight excluding hydrogens is 354 g/mol. The molecule has 2 amide bonds. The number of rotatable bonds is 5. The molecule has 1 heterocycles. The van der Waals surface area contributed by atoms with Crippen LogP contribution >= 0.6 is 0 Å². The van der Waals surface area contributed by atoms with Crippen LogP contribution in [-0.4, -0.2) is 22.4 Å². The minimum absolute atomic E-state index is 0.0546. The Balaban J connectivity index is 1.57. The summed E-state index contributed by atoms with van der Waals surface area (Å²) in [6, 6.07) is 10.3. The van der Waals surface area contributed by atoms with Gasteiger partial charge < -0.3 is 15.2 Å². The summed E-state index contributed by atoms with van der Waals surface area (Å²) >= 11 is 0. The predicted molar refractivity (Wildman–Crippen MR) is 109 cm³/mol. The molecule has 0 saturated heterocycles. The van der Waals surface area contributed by atoms with Crippen molar-refractivity contribution in [2.75, 3.05) is 5.32 Å². The first-order valence-corrected chi connectivity index (χ1v) is 9.80. The molecule has 2 atom stereocenters. The Labute approximate surface area is 165 Å². The molecular formula is C22H27N3O3. The molecule has 2 N–H and O–H groups in total. The van der Waals surface area contributed by atoms with Crippen LogP contribution in [0.5, 0.6) is 0 Å². The number of hydrogen-bond donors (Lipinski definition) is 2. The number of benzene rings is 1. The Kier molecular flexibility index (Phi) is 6.29. The highest BCUT2D eigenvalue weighted by molar-refractivity contribution is 5.96. The molecule has 0 spiro atoms. The summed E-state index contributed by atoms with van der Waals surface area (Å²) in [5.74, 6) is 0.128. The van der Waals surface area contributed by atoms with Crippen molar-refractivity contribution in [3.05, 3.63) is 64.1 Å². The molecule has 2 aromatic rings. The van der Waals surface area contributed by atoms with E-state index < -0.39 is 0 Å². The van der Waals surface area contributed by atoms with Crippen LogP contribution in [0.25, 0.3) is 0 Å². The predicted octanol–water partition coefficient (Wildman–Crippen LogP) is 3.10. The van der Waals surface area contributed by atoms with E-state index in [4.69, 9.17) is 0 Å². The lowest BCUT2D eigenvalue weighted by Gasteiger charge is -2.29. The maximum Gasteiger partial charge on any atom is 0.251 e. The van der Waals surface area contributed by atoms with Crippen LogP contribution in [0.2, 0.25) is 0 Å². The van der Waals surface area contributed by atoms with Crippen LogP contribution in [0.4, 0.5) is 5.69 Å². The molecule has 0 aliphatic heterocycles. The van der Waals surface area contributed by atoms with Crippen molar-refractivity contribution < 1.29 is 9.59 Å². The number of nitrogens with one attached hydrogen (secondary N) is 2. The van der Waals surface area contributed by atoms with Crippen LogP contribution < -0.4 is 16.2 Å². The Bertz CT molecular complexity index is 902. The first kappa shape index (κ1) is 19.9. The van der Waals surface area contributed by atoms with Crippen LogP contribution in [-0.2, 0) is 11.3 Å². The van der Waals surface area contributed by atoms with E-state index in [0.29, 0.717) is 17.2 Å². The third kappa shape index (κ3) is 5.09. The highest BCUT2D eigenvalue weighted by Gasteiger charge is 2.23. The molecule has 2 unspecified atom stereocenters. The molecule has 1 aliphatic carbocycles. The van der Waals surface area contributed by atoms with Crippen molar-refractivity contribution in [1.82, 2.24) is 9.88 Å². The van der Waals surface area contributed by atoms with Gasteiger partial charge in [0.2, 0.25) is 5.91 Å². The Morgan fingerprint density at radius 3 is 2.50 bits per heavy atom. The zero-order valence-corrected chi connectivity index (χ0v) is 16.4. The van der Waals surface area contributed by atoms with Crippen molar-refractivity contribution in [1.29, 1.82) is 0 Å². The normalized spacial score (nSPS) is 19.1. The number of carbonyl (C=O) groups is 2. The topological polar surface area (TPSA) is 80.2 Å². The van der Waals surface area contributed by atoms with Gasteiger partial charge in [-0.2, -0.15) is 0 Å². The fourth-order valence-corrected chi connectivity index (χ4v) is 3.58. The fourth-order valence-electron chi connectivity index (χ4n) is 3.58. The van der Waals surface area contributed by atoms with E-state index in [1.54, 1.807) is 36.5 Å². The summed E-state index contributed by atoms with van der Waals surface area (Å²) < 4.78 is 1.36. The van der Waals surface area contributed by atoms with Gasteiger partial charge in [0.25, 0.3) is 11.5 Å². The van der Waals surface area contributed by atoms with Gasteiger partial charge in [0.1, 0.15) is 6.54 Å². The number of aryl methyl sites for hydroxylation is 1. The first-order chi connectivity index (χ1) is 13.4. The summed E-state index contributed by atoms with van der Waals surface area (Å²) in [6.07, 6.45) is 6.18. The van der Waals surface area contributed by atoms with Crippen molar-refractivity contribution >= 4 is 17.5 Å². The van der Waals surface area contributed by atoms with Gasteiger partial charge >= 0.3 is 0 Å². The highest BCUT2D eigenvalue weighted by atomic mass is 16.2. The SMILES string of the molecule is Cc1ccn(CC(=O)Nc2ccc(C(=O)NC3CCCCC3C)cc2)c(=O)c1. The molecule has 148 valence electrons. The fraction of sp³-hybridized carbons (Fsp3) is 0.409. The minimum atomic E-state index is -0.292. The molecule has 0 radical (unpaired) electrons. The van der Waals surface area contributed by atoms with Crippen LogP contribution in [0.3, 0.4) is 0 Å². The largest absolute Gasteiger partial charge is 0.349 e. The average Bonchev–Trinajstić information content (AvgIpc) is 2.66. The van der Waals surface area contributed by atoms with Crippen molar-refractivity contribution in [2.45, 2.75) is 52.1 Å². The van der Waals surface area contributed by atoms with Gasteiger partial charge in [0.15, 0.2) is 0 Å². The molecule has 1 aromatic carbocycles. The lowest BCUT2D eigenvalue weighted by molar-refractivity contribution is -0.116. The quantitative estimate of drug-likeness (QED) is 0.835. The first-order valence-electron chi connectivity index (χ1n) is 9.80. The van der Waals surface area contributed by atoms with Gasteiger partial charge in [-0.25, -0.2) is 0 Å². The van der Waals surface area contributed by atoms with Crippen LogP contribution in [0, 0.1) is 12.8 Å². The standard InChI is InChI=1S/C22H27N3O3/c1-15-11-12-25(21(27)13-15)14-20(26)23-18-9-7-17(8-10-18)22(28)24-19-6-4-3-5-16(19)2/h7-13,16,19H,3-6,14H2,1-2H3,(H,23,26)(H,24,28). The van der Waals surface area contributed by atoms with E-state index in [2.05, 4.69) is 17.6 Å². The molecule has 1 fully saturated rings.